The van der Waals surface area contributed by atoms with Crippen LogP contribution in [0, 0.1) is 16.7 Å². The maximum atomic E-state index is 13.2. The molecule has 5 rings (SSSR count). The SMILES string of the molecule is CN1CCN(C(=O)C2CC23CCC2(CC2)CC3)CC1CNC(=O)Cn1ncnn1. The van der Waals surface area contributed by atoms with Crippen LogP contribution in [0.2, 0.25) is 0 Å². The molecule has 9 nitrogen and oxygen atoms in total. The molecule has 1 N–H and O–H groups in total. The number of amides is 2. The molecule has 9 heteroatoms. The summed E-state index contributed by atoms with van der Waals surface area (Å²) in [5.74, 6) is 0.459. The molecule has 1 aromatic heterocycles. The van der Waals surface area contributed by atoms with E-state index in [1.54, 1.807) is 0 Å². The van der Waals surface area contributed by atoms with Gasteiger partial charge in [0.25, 0.3) is 0 Å². The molecule has 2 atom stereocenters. The number of likely N-dealkylation sites (N-methyl/N-ethyl adjacent to an activating group) is 1. The molecule has 29 heavy (non-hydrogen) atoms. The monoisotopic (exact) mass is 401 g/mol. The highest BCUT2D eigenvalue weighted by molar-refractivity contribution is 5.83. The molecule has 2 unspecified atom stereocenters. The normalized spacial score (nSPS) is 29.8. The second-order valence-electron chi connectivity index (χ2n) is 9.81. The van der Waals surface area contributed by atoms with Gasteiger partial charge in [0.2, 0.25) is 11.8 Å². The summed E-state index contributed by atoms with van der Waals surface area (Å²) >= 11 is 0. The molecular formula is C20H31N7O2. The lowest BCUT2D eigenvalue weighted by Crippen LogP contribution is -2.57. The summed E-state index contributed by atoms with van der Waals surface area (Å²) < 4.78 is 0. The minimum Gasteiger partial charge on any atom is -0.353 e. The molecule has 2 amide bonds. The van der Waals surface area contributed by atoms with Crippen molar-refractivity contribution in [3.05, 3.63) is 6.33 Å². The van der Waals surface area contributed by atoms with Crippen molar-refractivity contribution >= 4 is 11.8 Å². The van der Waals surface area contributed by atoms with Gasteiger partial charge < -0.3 is 10.2 Å². The van der Waals surface area contributed by atoms with Crippen molar-refractivity contribution in [2.24, 2.45) is 16.7 Å². The Morgan fingerprint density at radius 3 is 2.59 bits per heavy atom. The van der Waals surface area contributed by atoms with Crippen LogP contribution < -0.4 is 5.32 Å². The van der Waals surface area contributed by atoms with Crippen LogP contribution in [-0.2, 0) is 16.1 Å². The zero-order chi connectivity index (χ0) is 20.1. The molecular weight excluding hydrogens is 370 g/mol. The van der Waals surface area contributed by atoms with Crippen LogP contribution in [0.5, 0.6) is 0 Å². The van der Waals surface area contributed by atoms with Gasteiger partial charge >= 0.3 is 0 Å². The number of nitrogens with zero attached hydrogens (tertiary/aromatic N) is 6. The van der Waals surface area contributed by atoms with Crippen LogP contribution in [0.1, 0.15) is 44.9 Å². The zero-order valence-electron chi connectivity index (χ0n) is 17.2. The molecule has 0 aromatic carbocycles. The summed E-state index contributed by atoms with van der Waals surface area (Å²) in [6.45, 7) is 2.91. The summed E-state index contributed by atoms with van der Waals surface area (Å²) in [4.78, 5) is 30.9. The van der Waals surface area contributed by atoms with E-state index in [-0.39, 0.29) is 24.4 Å². The third kappa shape index (κ3) is 3.76. The first-order valence-electron chi connectivity index (χ1n) is 11.0. The topological polar surface area (TPSA) is 96.2 Å². The number of hydrogen-bond donors (Lipinski definition) is 1. The second-order valence-corrected chi connectivity index (χ2v) is 9.81. The van der Waals surface area contributed by atoms with Gasteiger partial charge in [-0.2, -0.15) is 4.80 Å². The average Bonchev–Trinajstić information content (AvgIpc) is 3.58. The summed E-state index contributed by atoms with van der Waals surface area (Å²) in [6.07, 6.45) is 10.4. The lowest BCUT2D eigenvalue weighted by atomic mass is 9.76. The van der Waals surface area contributed by atoms with Gasteiger partial charge in [-0.3, -0.25) is 14.5 Å². The van der Waals surface area contributed by atoms with Crippen molar-refractivity contribution in [1.82, 2.24) is 35.3 Å². The Bertz CT molecular complexity index is 766. The summed E-state index contributed by atoms with van der Waals surface area (Å²) in [5.41, 5.74) is 1.00. The van der Waals surface area contributed by atoms with E-state index in [4.69, 9.17) is 0 Å². The lowest BCUT2D eigenvalue weighted by Gasteiger charge is -2.40. The Morgan fingerprint density at radius 2 is 1.90 bits per heavy atom. The van der Waals surface area contributed by atoms with Crippen LogP contribution in [0.3, 0.4) is 0 Å². The van der Waals surface area contributed by atoms with E-state index in [1.807, 2.05) is 0 Å². The van der Waals surface area contributed by atoms with Crippen molar-refractivity contribution in [1.29, 1.82) is 0 Å². The Kier molecular flexibility index (Phi) is 4.60. The molecule has 2 heterocycles. The van der Waals surface area contributed by atoms with Gasteiger partial charge in [0.15, 0.2) is 6.33 Å². The highest BCUT2D eigenvalue weighted by atomic mass is 16.2. The van der Waals surface area contributed by atoms with Gasteiger partial charge in [-0.1, -0.05) is 0 Å². The van der Waals surface area contributed by atoms with Crippen molar-refractivity contribution in [3.8, 4) is 0 Å². The van der Waals surface area contributed by atoms with Gasteiger partial charge in [-0.15, -0.1) is 10.2 Å². The van der Waals surface area contributed by atoms with Crippen LogP contribution in [0.25, 0.3) is 0 Å². The molecule has 1 aromatic rings. The van der Waals surface area contributed by atoms with Gasteiger partial charge in [0, 0.05) is 38.1 Å². The average molecular weight is 402 g/mol. The first kappa shape index (κ1) is 19.0. The molecule has 1 aliphatic heterocycles. The van der Waals surface area contributed by atoms with Crippen molar-refractivity contribution in [2.75, 3.05) is 33.2 Å². The fourth-order valence-corrected chi connectivity index (χ4v) is 5.47. The Hall–Kier alpha value is -2.03. The van der Waals surface area contributed by atoms with E-state index >= 15 is 0 Å². The number of piperazine rings is 1. The standard InChI is InChI=1S/C20H31N7O2/c1-25-8-9-26(12-15(25)11-21-17(28)13-27-23-14-22-24-27)18(29)16-10-20(16)6-4-19(2-3-19)5-7-20/h14-16H,2-13H2,1H3,(H,21,28). The maximum absolute atomic E-state index is 13.2. The maximum Gasteiger partial charge on any atom is 0.243 e. The van der Waals surface area contributed by atoms with E-state index in [9.17, 15) is 9.59 Å². The first-order chi connectivity index (χ1) is 14.0. The van der Waals surface area contributed by atoms with Gasteiger partial charge in [0.1, 0.15) is 6.54 Å². The minimum absolute atomic E-state index is 0.0607. The number of carbonyl (C=O) groups excluding carboxylic acids is 2. The first-order valence-corrected chi connectivity index (χ1v) is 11.0. The fraction of sp³-hybridized carbons (Fsp3) is 0.850. The van der Waals surface area contributed by atoms with Crippen LogP contribution in [0.4, 0.5) is 0 Å². The van der Waals surface area contributed by atoms with Gasteiger partial charge in [0.05, 0.1) is 0 Å². The number of hydrogen-bond acceptors (Lipinski definition) is 6. The number of carbonyl (C=O) groups is 2. The fourth-order valence-electron chi connectivity index (χ4n) is 5.47. The summed E-state index contributed by atoms with van der Waals surface area (Å²) in [6, 6.07) is 0.135. The van der Waals surface area contributed by atoms with E-state index in [0.29, 0.717) is 29.8 Å². The lowest BCUT2D eigenvalue weighted by molar-refractivity contribution is -0.136. The summed E-state index contributed by atoms with van der Waals surface area (Å²) in [5, 5.41) is 14.1. The summed E-state index contributed by atoms with van der Waals surface area (Å²) in [7, 11) is 2.06. The number of nitrogens with one attached hydrogen (secondary N) is 1. The number of aromatic nitrogens is 4. The Morgan fingerprint density at radius 1 is 1.14 bits per heavy atom. The van der Waals surface area contributed by atoms with Crippen LogP contribution in [0.15, 0.2) is 6.33 Å². The van der Waals surface area contributed by atoms with E-state index in [0.717, 1.165) is 19.5 Å². The number of tetrazole rings is 1. The molecule has 3 aliphatic carbocycles. The van der Waals surface area contributed by atoms with Crippen molar-refractivity contribution in [3.63, 3.8) is 0 Å². The van der Waals surface area contributed by atoms with Crippen LogP contribution >= 0.6 is 0 Å². The van der Waals surface area contributed by atoms with E-state index in [2.05, 4.69) is 37.6 Å². The van der Waals surface area contributed by atoms with E-state index < -0.39 is 0 Å². The predicted molar refractivity (Wildman–Crippen MR) is 104 cm³/mol. The van der Waals surface area contributed by atoms with Crippen LogP contribution in [-0.4, -0.2) is 81.1 Å². The van der Waals surface area contributed by atoms with Gasteiger partial charge in [-0.25, -0.2) is 0 Å². The third-order valence-electron chi connectivity index (χ3n) is 8.05. The highest BCUT2D eigenvalue weighted by Gasteiger charge is 2.62. The van der Waals surface area contributed by atoms with Gasteiger partial charge in [-0.05, 0) is 68.0 Å². The molecule has 1 saturated heterocycles. The molecule has 0 bridgehead atoms. The van der Waals surface area contributed by atoms with Crippen molar-refractivity contribution < 1.29 is 9.59 Å². The smallest absolute Gasteiger partial charge is 0.243 e. The zero-order valence-corrected chi connectivity index (χ0v) is 17.2. The highest BCUT2D eigenvalue weighted by Crippen LogP contribution is 2.69. The molecule has 0 radical (unpaired) electrons. The largest absolute Gasteiger partial charge is 0.353 e. The third-order valence-corrected chi connectivity index (χ3v) is 8.05. The second kappa shape index (κ2) is 7.04. The number of rotatable bonds is 5. The molecule has 2 spiro atoms. The quantitative estimate of drug-likeness (QED) is 0.762. The predicted octanol–water partition coefficient (Wildman–Crippen LogP) is 0.292. The Balaban J connectivity index is 1.12. The molecule has 158 valence electrons. The molecule has 3 saturated carbocycles. The molecule has 4 fully saturated rings. The Labute approximate surface area is 171 Å². The molecule has 4 aliphatic rings. The van der Waals surface area contributed by atoms with E-state index in [1.165, 1.54) is 49.6 Å². The minimum atomic E-state index is -0.141. The van der Waals surface area contributed by atoms with Crippen molar-refractivity contribution in [2.45, 2.75) is 57.5 Å².